The molecule has 0 atom stereocenters. The van der Waals surface area contributed by atoms with Crippen LogP contribution in [-0.2, 0) is 16.6 Å². The first-order valence-corrected chi connectivity index (χ1v) is 4.64. The van der Waals surface area contributed by atoms with Gasteiger partial charge in [-0.05, 0) is 13.8 Å². The Morgan fingerprint density at radius 3 is 2.56 bits per heavy atom. The first kappa shape index (κ1) is 12.2. The molecule has 0 fully saturated rings. The van der Waals surface area contributed by atoms with Gasteiger partial charge in [0.15, 0.2) is 5.69 Å². The summed E-state index contributed by atoms with van der Waals surface area (Å²) in [5, 5.41) is 9.76. The molecular weight excluding hydrogens is 212 g/mol. The first-order valence-electron chi connectivity index (χ1n) is 4.64. The molecule has 0 radical (unpaired) electrons. The maximum Gasteiger partial charge on any atom is 0.330 e. The van der Waals surface area contributed by atoms with Crippen LogP contribution < -0.4 is 5.32 Å². The molecule has 1 amide bonds. The molecule has 1 N–H and O–H groups in total. The fourth-order valence-electron chi connectivity index (χ4n) is 1.11. The number of ether oxygens (including phenoxy) is 1. The van der Waals surface area contributed by atoms with Gasteiger partial charge in [-0.1, -0.05) is 5.21 Å². The molecule has 0 aromatic carbocycles. The van der Waals surface area contributed by atoms with Crippen LogP contribution >= 0.6 is 0 Å². The Labute approximate surface area is 92.8 Å². The smallest absolute Gasteiger partial charge is 0.330 e. The van der Waals surface area contributed by atoms with E-state index >= 15 is 0 Å². The summed E-state index contributed by atoms with van der Waals surface area (Å²) < 4.78 is 5.96. The number of hydrogen-bond acceptors (Lipinski definition) is 5. The SMILES string of the molecule is COC(=O)C(C)(C)NC(=O)c1cn(C)nn1. The van der Waals surface area contributed by atoms with Crippen molar-refractivity contribution in [1.82, 2.24) is 20.3 Å². The lowest BCUT2D eigenvalue weighted by atomic mass is 10.1. The topological polar surface area (TPSA) is 86.1 Å². The van der Waals surface area contributed by atoms with E-state index in [2.05, 4.69) is 20.4 Å². The molecule has 0 aliphatic heterocycles. The fraction of sp³-hybridized carbons (Fsp3) is 0.556. The number of nitrogens with one attached hydrogen (secondary N) is 1. The standard InChI is InChI=1S/C9H14N4O3/c1-9(2,8(15)16-4)10-7(14)6-5-13(3)12-11-6/h5H,1-4H3,(H,10,14). The number of aryl methyl sites for hydroxylation is 1. The number of aromatic nitrogens is 3. The number of carbonyl (C=O) groups is 2. The van der Waals surface area contributed by atoms with Gasteiger partial charge in [0.2, 0.25) is 0 Å². The van der Waals surface area contributed by atoms with Crippen LogP contribution in [0.2, 0.25) is 0 Å². The Kier molecular flexibility index (Phi) is 3.26. The van der Waals surface area contributed by atoms with Crippen molar-refractivity contribution in [2.45, 2.75) is 19.4 Å². The van der Waals surface area contributed by atoms with Gasteiger partial charge >= 0.3 is 5.97 Å². The number of hydrogen-bond donors (Lipinski definition) is 1. The van der Waals surface area contributed by atoms with E-state index in [0.717, 1.165) is 0 Å². The summed E-state index contributed by atoms with van der Waals surface area (Å²) in [5.41, 5.74) is -0.942. The van der Waals surface area contributed by atoms with Crippen molar-refractivity contribution in [1.29, 1.82) is 0 Å². The number of esters is 1. The molecule has 1 rings (SSSR count). The summed E-state index contributed by atoms with van der Waals surface area (Å²) in [4.78, 5) is 23.0. The Balaban J connectivity index is 2.75. The molecule has 0 unspecified atom stereocenters. The van der Waals surface area contributed by atoms with Gasteiger partial charge < -0.3 is 10.1 Å². The van der Waals surface area contributed by atoms with Crippen LogP contribution in [0, 0.1) is 0 Å². The van der Waals surface area contributed by atoms with Crippen LogP contribution in [0.1, 0.15) is 24.3 Å². The second-order valence-corrected chi connectivity index (χ2v) is 3.85. The second-order valence-electron chi connectivity index (χ2n) is 3.85. The summed E-state index contributed by atoms with van der Waals surface area (Å²) in [5.74, 6) is -0.992. The minimum Gasteiger partial charge on any atom is -0.467 e. The Hall–Kier alpha value is -1.92. The summed E-state index contributed by atoms with van der Waals surface area (Å²) >= 11 is 0. The van der Waals surface area contributed by atoms with Crippen LogP contribution in [0.5, 0.6) is 0 Å². The van der Waals surface area contributed by atoms with Crippen LogP contribution in [0.3, 0.4) is 0 Å². The van der Waals surface area contributed by atoms with Gasteiger partial charge in [0.1, 0.15) is 5.54 Å². The number of nitrogens with zero attached hydrogens (tertiary/aromatic N) is 3. The van der Waals surface area contributed by atoms with E-state index < -0.39 is 17.4 Å². The monoisotopic (exact) mass is 226 g/mol. The zero-order valence-corrected chi connectivity index (χ0v) is 9.64. The van der Waals surface area contributed by atoms with Gasteiger partial charge in [0.05, 0.1) is 13.3 Å². The van der Waals surface area contributed by atoms with Gasteiger partial charge in [-0.25, -0.2) is 4.79 Å². The van der Waals surface area contributed by atoms with Crippen LogP contribution in [0.4, 0.5) is 0 Å². The number of carbonyl (C=O) groups excluding carboxylic acids is 2. The fourth-order valence-corrected chi connectivity index (χ4v) is 1.11. The summed E-state index contributed by atoms with van der Waals surface area (Å²) in [7, 11) is 2.91. The lowest BCUT2D eigenvalue weighted by Crippen LogP contribution is -2.50. The van der Waals surface area contributed by atoms with Crippen molar-refractivity contribution < 1.29 is 14.3 Å². The Morgan fingerprint density at radius 2 is 2.12 bits per heavy atom. The zero-order chi connectivity index (χ0) is 12.3. The molecule has 16 heavy (non-hydrogen) atoms. The average Bonchev–Trinajstić information content (AvgIpc) is 2.63. The highest BCUT2D eigenvalue weighted by Crippen LogP contribution is 2.06. The van der Waals surface area contributed by atoms with Gasteiger partial charge in [-0.2, -0.15) is 0 Å². The molecule has 1 aromatic rings. The van der Waals surface area contributed by atoms with E-state index in [0.29, 0.717) is 0 Å². The number of amides is 1. The highest BCUT2D eigenvalue weighted by Gasteiger charge is 2.31. The summed E-state index contributed by atoms with van der Waals surface area (Å²) in [6.07, 6.45) is 1.46. The van der Waals surface area contributed by atoms with Crippen molar-refractivity contribution in [3.8, 4) is 0 Å². The molecule has 0 saturated heterocycles. The van der Waals surface area contributed by atoms with E-state index in [1.807, 2.05) is 0 Å². The third kappa shape index (κ3) is 2.56. The van der Waals surface area contributed by atoms with Crippen molar-refractivity contribution in [2.24, 2.45) is 7.05 Å². The predicted molar refractivity (Wildman–Crippen MR) is 54.6 cm³/mol. The molecule has 7 heteroatoms. The lowest BCUT2D eigenvalue weighted by molar-refractivity contribution is -0.146. The van der Waals surface area contributed by atoms with E-state index in [9.17, 15) is 9.59 Å². The first-order chi connectivity index (χ1) is 7.36. The van der Waals surface area contributed by atoms with Crippen LogP contribution in [0.15, 0.2) is 6.20 Å². The molecule has 7 nitrogen and oxygen atoms in total. The molecule has 1 aromatic heterocycles. The molecule has 0 saturated carbocycles. The van der Waals surface area contributed by atoms with Crippen LogP contribution in [-0.4, -0.2) is 39.5 Å². The van der Waals surface area contributed by atoms with Crippen molar-refractivity contribution in [3.05, 3.63) is 11.9 Å². The molecule has 0 aliphatic carbocycles. The molecule has 0 bridgehead atoms. The zero-order valence-electron chi connectivity index (χ0n) is 9.64. The van der Waals surface area contributed by atoms with E-state index in [4.69, 9.17) is 0 Å². The third-order valence-electron chi connectivity index (χ3n) is 1.96. The van der Waals surface area contributed by atoms with Gasteiger partial charge in [0.25, 0.3) is 5.91 Å². The molecule has 0 aliphatic rings. The number of methoxy groups -OCH3 is 1. The Bertz CT molecular complexity index is 411. The van der Waals surface area contributed by atoms with Crippen molar-refractivity contribution in [3.63, 3.8) is 0 Å². The molecular formula is C9H14N4O3. The highest BCUT2D eigenvalue weighted by atomic mass is 16.5. The largest absolute Gasteiger partial charge is 0.467 e. The molecule has 1 heterocycles. The molecule has 0 spiro atoms. The van der Waals surface area contributed by atoms with E-state index in [-0.39, 0.29) is 5.69 Å². The average molecular weight is 226 g/mol. The lowest BCUT2D eigenvalue weighted by Gasteiger charge is -2.22. The third-order valence-corrected chi connectivity index (χ3v) is 1.96. The van der Waals surface area contributed by atoms with Gasteiger partial charge in [-0.15, -0.1) is 5.10 Å². The minimum atomic E-state index is -1.09. The van der Waals surface area contributed by atoms with Gasteiger partial charge in [0, 0.05) is 7.05 Å². The number of rotatable bonds is 3. The normalized spacial score (nSPS) is 11.0. The maximum atomic E-state index is 11.7. The summed E-state index contributed by atoms with van der Waals surface area (Å²) in [6, 6.07) is 0. The Morgan fingerprint density at radius 1 is 1.50 bits per heavy atom. The van der Waals surface area contributed by atoms with E-state index in [1.54, 1.807) is 20.9 Å². The minimum absolute atomic E-state index is 0.152. The second kappa shape index (κ2) is 4.30. The highest BCUT2D eigenvalue weighted by molar-refractivity contribution is 5.96. The quantitative estimate of drug-likeness (QED) is 0.702. The van der Waals surface area contributed by atoms with Crippen LogP contribution in [0.25, 0.3) is 0 Å². The summed E-state index contributed by atoms with van der Waals surface area (Å²) in [6.45, 7) is 3.10. The molecule has 88 valence electrons. The predicted octanol–water partition coefficient (Wildman–Crippen LogP) is -0.504. The van der Waals surface area contributed by atoms with Crippen molar-refractivity contribution >= 4 is 11.9 Å². The maximum absolute atomic E-state index is 11.7. The van der Waals surface area contributed by atoms with E-state index in [1.165, 1.54) is 18.0 Å². The van der Waals surface area contributed by atoms with Crippen molar-refractivity contribution in [2.75, 3.05) is 7.11 Å². The van der Waals surface area contributed by atoms with Gasteiger partial charge in [-0.3, -0.25) is 9.48 Å².